The zero-order valence-corrected chi connectivity index (χ0v) is 20.6. The first-order chi connectivity index (χ1) is 17.1. The summed E-state index contributed by atoms with van der Waals surface area (Å²) in [6.45, 7) is 8.17. The second-order valence-electron chi connectivity index (χ2n) is 9.09. The first kappa shape index (κ1) is 24.9. The van der Waals surface area contributed by atoms with E-state index < -0.39 is 17.7 Å². The zero-order chi connectivity index (χ0) is 26.1. The smallest absolute Gasteiger partial charge is 0.300 e. The van der Waals surface area contributed by atoms with Crippen molar-refractivity contribution in [1.82, 2.24) is 0 Å². The average molecular weight is 488 g/mol. The van der Waals surface area contributed by atoms with Crippen LogP contribution in [0.3, 0.4) is 0 Å². The number of aliphatic hydroxyl groups excluding tert-OH is 1. The summed E-state index contributed by atoms with van der Waals surface area (Å²) < 4.78 is 5.72. The minimum atomic E-state index is -1.02. The number of hydrogen-bond acceptors (Lipinski definition) is 6. The Kier molecular flexibility index (Phi) is 6.75. The normalized spacial score (nSPS) is 17.1. The van der Waals surface area contributed by atoms with Crippen molar-refractivity contribution in [1.29, 1.82) is 0 Å². The molecule has 0 saturated carbocycles. The second kappa shape index (κ2) is 9.77. The van der Waals surface area contributed by atoms with Gasteiger partial charge in [-0.3, -0.25) is 14.5 Å². The summed E-state index contributed by atoms with van der Waals surface area (Å²) in [6, 6.07) is 14.9. The van der Waals surface area contributed by atoms with Crippen LogP contribution >= 0.6 is 0 Å². The molecule has 186 valence electrons. The largest absolute Gasteiger partial charge is 0.508 e. The van der Waals surface area contributed by atoms with Crippen molar-refractivity contribution >= 4 is 23.1 Å². The van der Waals surface area contributed by atoms with Crippen LogP contribution in [-0.2, 0) is 9.59 Å². The molecule has 0 spiro atoms. The summed E-state index contributed by atoms with van der Waals surface area (Å²) >= 11 is 0. The minimum absolute atomic E-state index is 0.0159. The Morgan fingerprint density at radius 1 is 1.00 bits per heavy atom. The number of ether oxygens (including phenoxy) is 1. The van der Waals surface area contributed by atoms with Gasteiger partial charge in [0.05, 0.1) is 23.9 Å². The molecular formula is C29H29NO6. The van der Waals surface area contributed by atoms with E-state index in [0.717, 1.165) is 11.1 Å². The van der Waals surface area contributed by atoms with Gasteiger partial charge in [0, 0.05) is 5.56 Å². The lowest BCUT2D eigenvalue weighted by Crippen LogP contribution is -2.29. The molecule has 36 heavy (non-hydrogen) atoms. The maximum atomic E-state index is 13.4. The van der Waals surface area contributed by atoms with Gasteiger partial charge in [-0.05, 0) is 78.9 Å². The van der Waals surface area contributed by atoms with E-state index in [1.165, 1.54) is 23.1 Å². The molecule has 7 nitrogen and oxygen atoms in total. The molecule has 0 radical (unpaired) electrons. The fraction of sp³-hybridized carbons (Fsp3) is 0.241. The van der Waals surface area contributed by atoms with Gasteiger partial charge in [-0.1, -0.05) is 32.0 Å². The molecule has 1 atom stereocenters. The number of aliphatic hydroxyl groups is 1. The molecule has 7 heteroatoms. The van der Waals surface area contributed by atoms with E-state index in [0.29, 0.717) is 23.5 Å². The molecule has 1 aliphatic heterocycles. The third kappa shape index (κ3) is 4.40. The van der Waals surface area contributed by atoms with Gasteiger partial charge in [-0.25, -0.2) is 0 Å². The Morgan fingerprint density at radius 3 is 2.33 bits per heavy atom. The Balaban J connectivity index is 1.96. The molecule has 1 heterocycles. The number of Topliss-reactive ketones (excluding diaryl/α,β-unsaturated/α-hetero) is 1. The maximum Gasteiger partial charge on any atom is 0.300 e. The van der Waals surface area contributed by atoms with Gasteiger partial charge >= 0.3 is 0 Å². The van der Waals surface area contributed by atoms with Crippen LogP contribution in [0.25, 0.3) is 5.76 Å². The van der Waals surface area contributed by atoms with Crippen LogP contribution < -0.4 is 9.64 Å². The number of rotatable bonds is 6. The molecule has 3 aromatic rings. The standard InChI is InChI=1S/C29H29NO6/c1-5-36-24-13-9-19(15-21(24)16(2)3)27(33)25-26(18-7-10-20(31)11-8-18)30(29(35)28(25)34)22-14-17(4)6-12-23(22)32/h6-16,26,31-33H,5H2,1-4H3/b27-25-. The number of ketones is 1. The van der Waals surface area contributed by atoms with Gasteiger partial charge in [-0.15, -0.1) is 0 Å². The van der Waals surface area contributed by atoms with Crippen LogP contribution in [-0.4, -0.2) is 33.6 Å². The molecule has 1 amide bonds. The summed E-state index contributed by atoms with van der Waals surface area (Å²) in [5.74, 6) is -1.46. The van der Waals surface area contributed by atoms with E-state index >= 15 is 0 Å². The first-order valence-electron chi connectivity index (χ1n) is 11.8. The quantitative estimate of drug-likeness (QED) is 0.239. The van der Waals surface area contributed by atoms with Gasteiger partial charge < -0.3 is 20.1 Å². The molecule has 1 aliphatic rings. The third-order valence-electron chi connectivity index (χ3n) is 6.25. The molecular weight excluding hydrogens is 458 g/mol. The van der Waals surface area contributed by atoms with Crippen molar-refractivity contribution in [3.05, 3.63) is 88.5 Å². The summed E-state index contributed by atoms with van der Waals surface area (Å²) in [4.78, 5) is 27.9. The van der Waals surface area contributed by atoms with E-state index in [4.69, 9.17) is 4.74 Å². The van der Waals surface area contributed by atoms with Gasteiger partial charge in [0.1, 0.15) is 23.0 Å². The highest BCUT2D eigenvalue weighted by molar-refractivity contribution is 6.52. The number of hydrogen-bond donors (Lipinski definition) is 3. The number of amides is 1. The topological polar surface area (TPSA) is 107 Å². The summed E-state index contributed by atoms with van der Waals surface area (Å²) in [7, 11) is 0. The lowest BCUT2D eigenvalue weighted by atomic mass is 9.93. The van der Waals surface area contributed by atoms with Crippen LogP contribution in [0.5, 0.6) is 17.2 Å². The predicted molar refractivity (Wildman–Crippen MR) is 137 cm³/mol. The lowest BCUT2D eigenvalue weighted by Gasteiger charge is -2.26. The maximum absolute atomic E-state index is 13.4. The molecule has 0 aliphatic carbocycles. The number of anilines is 1. The van der Waals surface area contributed by atoms with Crippen LogP contribution in [0.4, 0.5) is 5.69 Å². The number of aryl methyl sites for hydroxylation is 1. The molecule has 1 fully saturated rings. The summed E-state index contributed by atoms with van der Waals surface area (Å²) in [5, 5.41) is 31.8. The SMILES string of the molecule is CCOc1ccc(/C(O)=C2/C(=O)C(=O)N(c3cc(C)ccc3O)C2c2ccc(O)cc2)cc1C(C)C. The van der Waals surface area contributed by atoms with E-state index in [1.807, 2.05) is 27.7 Å². The van der Waals surface area contributed by atoms with Crippen LogP contribution in [0, 0.1) is 6.92 Å². The second-order valence-corrected chi connectivity index (χ2v) is 9.09. The van der Waals surface area contributed by atoms with E-state index in [2.05, 4.69) is 0 Å². The van der Waals surface area contributed by atoms with Gasteiger partial charge in [0.25, 0.3) is 11.7 Å². The Morgan fingerprint density at radius 2 is 1.69 bits per heavy atom. The molecule has 0 aromatic heterocycles. The zero-order valence-electron chi connectivity index (χ0n) is 20.6. The van der Waals surface area contributed by atoms with Gasteiger partial charge in [0.15, 0.2) is 0 Å². The van der Waals surface area contributed by atoms with Crippen molar-refractivity contribution in [3.8, 4) is 17.2 Å². The highest BCUT2D eigenvalue weighted by Gasteiger charge is 2.47. The average Bonchev–Trinajstić information content (AvgIpc) is 3.11. The van der Waals surface area contributed by atoms with Crippen molar-refractivity contribution < 1.29 is 29.6 Å². The fourth-order valence-corrected chi connectivity index (χ4v) is 4.47. The summed E-state index contributed by atoms with van der Waals surface area (Å²) in [6.07, 6.45) is 0. The molecule has 3 aromatic carbocycles. The Bertz CT molecular complexity index is 1360. The number of phenols is 2. The molecule has 1 unspecified atom stereocenters. The molecule has 0 bridgehead atoms. The van der Waals surface area contributed by atoms with Crippen LogP contribution in [0.15, 0.2) is 66.2 Å². The van der Waals surface area contributed by atoms with E-state index in [9.17, 15) is 24.9 Å². The first-order valence-corrected chi connectivity index (χ1v) is 11.8. The number of carbonyl (C=O) groups excluding carboxylic acids is 2. The molecule has 1 saturated heterocycles. The Hall–Kier alpha value is -4.26. The van der Waals surface area contributed by atoms with E-state index in [1.54, 1.807) is 42.5 Å². The van der Waals surface area contributed by atoms with Gasteiger partial charge in [0.2, 0.25) is 0 Å². The Labute approximate surface area is 209 Å². The molecule has 4 rings (SSSR count). The molecule has 3 N–H and O–H groups in total. The number of benzene rings is 3. The predicted octanol–water partition coefficient (Wildman–Crippen LogP) is 5.55. The van der Waals surface area contributed by atoms with Crippen LogP contribution in [0.2, 0.25) is 0 Å². The van der Waals surface area contributed by atoms with Crippen molar-refractivity contribution in [2.45, 2.75) is 39.7 Å². The lowest BCUT2D eigenvalue weighted by molar-refractivity contribution is -0.132. The van der Waals surface area contributed by atoms with Crippen molar-refractivity contribution in [3.63, 3.8) is 0 Å². The fourth-order valence-electron chi connectivity index (χ4n) is 4.47. The van der Waals surface area contributed by atoms with Gasteiger partial charge in [-0.2, -0.15) is 0 Å². The highest BCUT2D eigenvalue weighted by Crippen LogP contribution is 2.45. The minimum Gasteiger partial charge on any atom is -0.508 e. The number of carbonyl (C=O) groups is 2. The third-order valence-corrected chi connectivity index (χ3v) is 6.25. The number of aromatic hydroxyl groups is 2. The number of phenolic OH excluding ortho intramolecular Hbond substituents is 2. The number of nitrogens with zero attached hydrogens (tertiary/aromatic N) is 1. The van der Waals surface area contributed by atoms with E-state index in [-0.39, 0.29) is 34.4 Å². The van der Waals surface area contributed by atoms with Crippen LogP contribution in [0.1, 0.15) is 55.0 Å². The monoisotopic (exact) mass is 487 g/mol. The summed E-state index contributed by atoms with van der Waals surface area (Å²) in [5.41, 5.74) is 2.55. The van der Waals surface area contributed by atoms with Crippen molar-refractivity contribution in [2.24, 2.45) is 0 Å². The van der Waals surface area contributed by atoms with Crippen molar-refractivity contribution in [2.75, 3.05) is 11.5 Å². The highest BCUT2D eigenvalue weighted by atomic mass is 16.5.